The van der Waals surface area contributed by atoms with Crippen LogP contribution in [-0.2, 0) is 4.74 Å². The van der Waals surface area contributed by atoms with Gasteiger partial charge in [0.25, 0.3) is 5.82 Å². The third-order valence-corrected chi connectivity index (χ3v) is 2.73. The van der Waals surface area contributed by atoms with E-state index in [1.165, 1.54) is 7.11 Å². The van der Waals surface area contributed by atoms with Crippen LogP contribution in [0, 0.1) is 20.2 Å². The minimum absolute atomic E-state index is 0.0915. The number of morpholine rings is 1. The van der Waals surface area contributed by atoms with Gasteiger partial charge in [-0.05, 0) is 0 Å². The Morgan fingerprint density at radius 1 is 1.19 bits per heavy atom. The van der Waals surface area contributed by atoms with Crippen molar-refractivity contribution in [3.63, 3.8) is 0 Å². The van der Waals surface area contributed by atoms with E-state index in [2.05, 4.69) is 15.0 Å². The molecule has 21 heavy (non-hydrogen) atoms. The Bertz CT molecular complexity index is 534. The van der Waals surface area contributed by atoms with Crippen LogP contribution < -0.4 is 9.64 Å². The van der Waals surface area contributed by atoms with Gasteiger partial charge in [-0.3, -0.25) is 20.2 Å². The highest BCUT2D eigenvalue weighted by atomic mass is 16.7. The average Bonchev–Trinajstić information content (AvgIpc) is 2.47. The van der Waals surface area contributed by atoms with Gasteiger partial charge in [0.15, 0.2) is 0 Å². The third kappa shape index (κ3) is 3.28. The fourth-order valence-corrected chi connectivity index (χ4v) is 1.74. The van der Waals surface area contributed by atoms with E-state index in [4.69, 9.17) is 9.47 Å². The lowest BCUT2D eigenvalue weighted by Crippen LogP contribution is -2.38. The van der Waals surface area contributed by atoms with E-state index < -0.39 is 21.8 Å². The topological polar surface area (TPSA) is 147 Å². The van der Waals surface area contributed by atoms with Crippen molar-refractivity contribution in [2.24, 2.45) is 0 Å². The summed E-state index contributed by atoms with van der Waals surface area (Å²) in [5, 5.41) is 21.6. The lowest BCUT2D eigenvalue weighted by atomic mass is 10.4. The highest BCUT2D eigenvalue weighted by molar-refractivity contribution is 5.31. The van der Waals surface area contributed by atoms with E-state index in [0.717, 1.165) is 0 Å². The fourth-order valence-electron chi connectivity index (χ4n) is 1.74. The lowest BCUT2D eigenvalue weighted by molar-refractivity contribution is -0.754. The number of nitrogens with zero attached hydrogens (tertiary/aromatic N) is 6. The van der Waals surface area contributed by atoms with Crippen molar-refractivity contribution in [1.82, 2.24) is 15.0 Å². The van der Waals surface area contributed by atoms with Crippen LogP contribution in [0.1, 0.15) is 12.0 Å². The molecule has 1 aromatic rings. The lowest BCUT2D eigenvalue weighted by Gasteiger charge is -2.26. The number of anilines is 1. The second-order valence-electron chi connectivity index (χ2n) is 4.02. The van der Waals surface area contributed by atoms with Gasteiger partial charge in [-0.25, -0.2) is 0 Å². The first kappa shape index (κ1) is 14.8. The standard InChI is InChI=1S/C9H12N6O6/c1-20-9-11-6(7(14(16)17)15(18)19)10-8(12-9)13-2-4-21-5-3-13/h7H,2-5H2,1H3. The summed E-state index contributed by atoms with van der Waals surface area (Å²) in [6, 6.07) is -0.213. The van der Waals surface area contributed by atoms with Gasteiger partial charge in [-0.1, -0.05) is 0 Å². The summed E-state index contributed by atoms with van der Waals surface area (Å²) in [6.45, 7) is 1.82. The van der Waals surface area contributed by atoms with Crippen LogP contribution >= 0.6 is 0 Å². The predicted molar refractivity (Wildman–Crippen MR) is 66.1 cm³/mol. The van der Waals surface area contributed by atoms with E-state index in [1.54, 1.807) is 4.90 Å². The molecule has 12 heteroatoms. The molecule has 12 nitrogen and oxygen atoms in total. The minimum atomic E-state index is -2.26. The summed E-state index contributed by atoms with van der Waals surface area (Å²) in [7, 11) is 1.26. The smallest absolute Gasteiger partial charge is 0.467 e. The zero-order valence-electron chi connectivity index (χ0n) is 11.0. The van der Waals surface area contributed by atoms with E-state index in [1.807, 2.05) is 0 Å². The normalized spacial score (nSPS) is 15.0. The summed E-state index contributed by atoms with van der Waals surface area (Å²) in [4.78, 5) is 32.6. The monoisotopic (exact) mass is 300 g/mol. The minimum Gasteiger partial charge on any atom is -0.467 e. The number of hydrogen-bond acceptors (Lipinski definition) is 10. The second kappa shape index (κ2) is 6.21. The van der Waals surface area contributed by atoms with E-state index in [-0.39, 0.29) is 12.0 Å². The molecule has 0 N–H and O–H groups in total. The molecule has 0 bridgehead atoms. The molecule has 0 amide bonds. The van der Waals surface area contributed by atoms with Crippen LogP contribution in [0.3, 0.4) is 0 Å². The van der Waals surface area contributed by atoms with E-state index in [0.29, 0.717) is 26.3 Å². The van der Waals surface area contributed by atoms with Crippen LogP contribution in [0.4, 0.5) is 5.95 Å². The number of aromatic nitrogens is 3. The molecular formula is C9H12N6O6. The summed E-state index contributed by atoms with van der Waals surface area (Å²) in [6.07, 6.45) is -2.26. The van der Waals surface area contributed by atoms with Crippen LogP contribution in [0.15, 0.2) is 0 Å². The Labute approximate surface area is 118 Å². The van der Waals surface area contributed by atoms with Crippen LogP contribution in [0.5, 0.6) is 6.01 Å². The van der Waals surface area contributed by atoms with Gasteiger partial charge in [0.1, 0.15) is 9.85 Å². The summed E-state index contributed by atoms with van der Waals surface area (Å²) < 4.78 is 10.0. The molecule has 0 aromatic carbocycles. The van der Waals surface area contributed by atoms with Crippen LogP contribution in [-0.4, -0.2) is 58.2 Å². The number of nitro groups is 2. The maximum Gasteiger partial charge on any atom is 0.509 e. The van der Waals surface area contributed by atoms with Crippen molar-refractivity contribution in [3.8, 4) is 6.01 Å². The molecular weight excluding hydrogens is 288 g/mol. The molecule has 1 fully saturated rings. The molecule has 1 aromatic heterocycles. The van der Waals surface area contributed by atoms with Crippen molar-refractivity contribution in [2.75, 3.05) is 38.3 Å². The van der Waals surface area contributed by atoms with Gasteiger partial charge in [0, 0.05) is 13.1 Å². The SMILES string of the molecule is COc1nc(C([N+](=O)[O-])[N+](=O)[O-])nc(N2CCOCC2)n1. The quantitative estimate of drug-likeness (QED) is 0.387. The van der Waals surface area contributed by atoms with Crippen LogP contribution in [0.25, 0.3) is 0 Å². The van der Waals surface area contributed by atoms with Crippen molar-refractivity contribution in [2.45, 2.75) is 6.17 Å². The van der Waals surface area contributed by atoms with E-state index in [9.17, 15) is 20.2 Å². The molecule has 2 rings (SSSR count). The maximum absolute atomic E-state index is 10.8. The molecule has 0 unspecified atom stereocenters. The summed E-state index contributed by atoms with van der Waals surface area (Å²) >= 11 is 0. The van der Waals surface area contributed by atoms with Gasteiger partial charge in [0.2, 0.25) is 5.95 Å². The molecule has 0 atom stereocenters. The Balaban J connectivity index is 2.41. The Hall–Kier alpha value is -2.63. The zero-order valence-corrected chi connectivity index (χ0v) is 11.0. The highest BCUT2D eigenvalue weighted by Gasteiger charge is 2.39. The molecule has 0 aliphatic carbocycles. The summed E-state index contributed by atoms with van der Waals surface area (Å²) in [5.41, 5.74) is 0. The van der Waals surface area contributed by atoms with Crippen molar-refractivity contribution >= 4 is 5.95 Å². The fraction of sp³-hybridized carbons (Fsp3) is 0.667. The van der Waals surface area contributed by atoms with E-state index >= 15 is 0 Å². The van der Waals surface area contributed by atoms with Gasteiger partial charge >= 0.3 is 12.2 Å². The first-order valence-electron chi connectivity index (χ1n) is 5.92. The third-order valence-electron chi connectivity index (χ3n) is 2.73. The molecule has 0 saturated carbocycles. The summed E-state index contributed by atoms with van der Waals surface area (Å²) in [5.74, 6) is -0.479. The molecule has 0 radical (unpaired) electrons. The molecule has 0 spiro atoms. The van der Waals surface area contributed by atoms with Crippen LogP contribution in [0.2, 0.25) is 0 Å². The number of rotatable bonds is 5. The molecule has 2 heterocycles. The van der Waals surface area contributed by atoms with Gasteiger partial charge < -0.3 is 14.4 Å². The Morgan fingerprint density at radius 3 is 2.33 bits per heavy atom. The second-order valence-corrected chi connectivity index (χ2v) is 4.02. The maximum atomic E-state index is 10.8. The number of hydrogen-bond donors (Lipinski definition) is 0. The molecule has 1 saturated heterocycles. The highest BCUT2D eigenvalue weighted by Crippen LogP contribution is 2.19. The largest absolute Gasteiger partial charge is 0.509 e. The molecule has 1 aliphatic heterocycles. The molecule has 114 valence electrons. The number of methoxy groups -OCH3 is 1. The zero-order chi connectivity index (χ0) is 15.4. The predicted octanol–water partition coefficient (Wildman–Crippen LogP) is -0.731. The van der Waals surface area contributed by atoms with Gasteiger partial charge in [-0.15, -0.1) is 0 Å². The first-order valence-corrected chi connectivity index (χ1v) is 5.92. The Morgan fingerprint density at radius 2 is 1.81 bits per heavy atom. The first-order chi connectivity index (χ1) is 10.0. The van der Waals surface area contributed by atoms with Gasteiger partial charge in [-0.2, -0.15) is 15.0 Å². The number of ether oxygens (including phenoxy) is 2. The Kier molecular flexibility index (Phi) is 4.37. The molecule has 1 aliphatic rings. The average molecular weight is 300 g/mol. The van der Waals surface area contributed by atoms with Crippen molar-refractivity contribution < 1.29 is 19.3 Å². The van der Waals surface area contributed by atoms with Crippen molar-refractivity contribution in [1.29, 1.82) is 0 Å². The van der Waals surface area contributed by atoms with Gasteiger partial charge in [0.05, 0.1) is 20.3 Å². The van der Waals surface area contributed by atoms with Crippen molar-refractivity contribution in [3.05, 3.63) is 26.1 Å².